The number of likely N-dealkylation sites (N-methyl/N-ethyl adjacent to an activating group) is 1. The molecular weight excluding hydrogens is 266 g/mol. The number of nitrogens with two attached hydrogens (primary N) is 1. The zero-order valence-electron chi connectivity index (χ0n) is 13.4. The van der Waals surface area contributed by atoms with Crippen LogP contribution in [0.15, 0.2) is 18.2 Å². The second-order valence-electron chi connectivity index (χ2n) is 5.79. The Bertz CT molecular complexity index is 506. The van der Waals surface area contributed by atoms with Crippen LogP contribution in [0.3, 0.4) is 0 Å². The van der Waals surface area contributed by atoms with Gasteiger partial charge in [0.25, 0.3) is 0 Å². The van der Waals surface area contributed by atoms with Crippen LogP contribution < -0.4 is 16.0 Å². The molecule has 1 atom stereocenters. The van der Waals surface area contributed by atoms with Crippen LogP contribution in [0.5, 0.6) is 0 Å². The van der Waals surface area contributed by atoms with Crippen LogP contribution in [0.25, 0.3) is 0 Å². The van der Waals surface area contributed by atoms with Crippen molar-refractivity contribution in [1.82, 2.24) is 5.32 Å². The van der Waals surface area contributed by atoms with Gasteiger partial charge in [0.2, 0.25) is 11.8 Å². The van der Waals surface area contributed by atoms with Gasteiger partial charge in [0.1, 0.15) is 0 Å². The number of nitrogens with one attached hydrogen (secondary N) is 1. The van der Waals surface area contributed by atoms with Crippen LogP contribution in [0.4, 0.5) is 5.69 Å². The minimum absolute atomic E-state index is 0.0391. The van der Waals surface area contributed by atoms with Gasteiger partial charge in [-0.05, 0) is 43.0 Å². The SMILES string of the molecule is Cc1cc(C)cc(N(C)C(=O)CNC(=O)[C@@H](N)C(C)C)c1. The van der Waals surface area contributed by atoms with Crippen molar-refractivity contribution in [2.45, 2.75) is 33.7 Å². The summed E-state index contributed by atoms with van der Waals surface area (Å²) >= 11 is 0. The number of aryl methyl sites for hydroxylation is 2. The number of nitrogens with zero attached hydrogens (tertiary/aromatic N) is 1. The van der Waals surface area contributed by atoms with Crippen LogP contribution in [0.1, 0.15) is 25.0 Å². The molecule has 5 heteroatoms. The van der Waals surface area contributed by atoms with Gasteiger partial charge in [-0.3, -0.25) is 9.59 Å². The smallest absolute Gasteiger partial charge is 0.246 e. The number of anilines is 1. The van der Waals surface area contributed by atoms with E-state index in [1.54, 1.807) is 11.9 Å². The Morgan fingerprint density at radius 3 is 2.19 bits per heavy atom. The summed E-state index contributed by atoms with van der Waals surface area (Å²) in [6.45, 7) is 7.65. The quantitative estimate of drug-likeness (QED) is 0.860. The summed E-state index contributed by atoms with van der Waals surface area (Å²) in [6.07, 6.45) is 0. The van der Waals surface area contributed by atoms with Crippen molar-refractivity contribution in [2.24, 2.45) is 11.7 Å². The van der Waals surface area contributed by atoms with Gasteiger partial charge >= 0.3 is 0 Å². The molecule has 0 radical (unpaired) electrons. The number of hydrogen-bond acceptors (Lipinski definition) is 3. The molecule has 2 amide bonds. The largest absolute Gasteiger partial charge is 0.346 e. The highest BCUT2D eigenvalue weighted by Gasteiger charge is 2.19. The molecule has 3 N–H and O–H groups in total. The van der Waals surface area contributed by atoms with Crippen LogP contribution in [0, 0.1) is 19.8 Å². The Labute approximate surface area is 126 Å². The third-order valence-electron chi connectivity index (χ3n) is 3.40. The van der Waals surface area contributed by atoms with Gasteiger partial charge in [-0.1, -0.05) is 19.9 Å². The molecule has 0 aliphatic rings. The molecule has 0 spiro atoms. The molecule has 1 aromatic carbocycles. The van der Waals surface area contributed by atoms with Crippen LogP contribution in [0.2, 0.25) is 0 Å². The molecule has 0 saturated carbocycles. The van der Waals surface area contributed by atoms with Crippen LogP contribution in [-0.2, 0) is 9.59 Å². The average molecular weight is 291 g/mol. The lowest BCUT2D eigenvalue weighted by atomic mass is 10.1. The van der Waals surface area contributed by atoms with Crippen molar-refractivity contribution >= 4 is 17.5 Å². The molecule has 1 rings (SSSR count). The number of rotatable bonds is 5. The fourth-order valence-electron chi connectivity index (χ4n) is 1.99. The van der Waals surface area contributed by atoms with E-state index in [0.717, 1.165) is 16.8 Å². The van der Waals surface area contributed by atoms with Crippen molar-refractivity contribution in [2.75, 3.05) is 18.5 Å². The molecule has 1 aromatic rings. The van der Waals surface area contributed by atoms with Crippen molar-refractivity contribution in [3.05, 3.63) is 29.3 Å². The van der Waals surface area contributed by atoms with Gasteiger partial charge in [0, 0.05) is 12.7 Å². The predicted octanol–water partition coefficient (Wildman–Crippen LogP) is 1.37. The summed E-state index contributed by atoms with van der Waals surface area (Å²) < 4.78 is 0. The summed E-state index contributed by atoms with van der Waals surface area (Å²) in [4.78, 5) is 25.4. The monoisotopic (exact) mass is 291 g/mol. The molecule has 116 valence electrons. The minimum atomic E-state index is -0.593. The topological polar surface area (TPSA) is 75.4 Å². The molecule has 0 fully saturated rings. The van der Waals surface area contributed by atoms with E-state index in [9.17, 15) is 9.59 Å². The van der Waals surface area contributed by atoms with Gasteiger partial charge in [-0.15, -0.1) is 0 Å². The zero-order chi connectivity index (χ0) is 16.2. The molecule has 21 heavy (non-hydrogen) atoms. The highest BCUT2D eigenvalue weighted by atomic mass is 16.2. The molecule has 0 aliphatic carbocycles. The van der Waals surface area contributed by atoms with Crippen molar-refractivity contribution in [3.8, 4) is 0 Å². The van der Waals surface area contributed by atoms with E-state index in [1.807, 2.05) is 45.9 Å². The number of hydrogen-bond donors (Lipinski definition) is 2. The first-order valence-electron chi connectivity index (χ1n) is 7.10. The third kappa shape index (κ3) is 4.86. The molecule has 0 heterocycles. The Balaban J connectivity index is 2.65. The molecular formula is C16H25N3O2. The maximum atomic E-state index is 12.1. The van der Waals surface area contributed by atoms with E-state index in [2.05, 4.69) is 5.32 Å². The minimum Gasteiger partial charge on any atom is -0.346 e. The Hall–Kier alpha value is -1.88. The summed E-state index contributed by atoms with van der Waals surface area (Å²) in [7, 11) is 1.70. The van der Waals surface area contributed by atoms with Crippen molar-refractivity contribution in [3.63, 3.8) is 0 Å². The normalized spacial score (nSPS) is 12.1. The second kappa shape index (κ2) is 7.22. The molecule has 0 bridgehead atoms. The predicted molar refractivity (Wildman–Crippen MR) is 85.1 cm³/mol. The lowest BCUT2D eigenvalue weighted by Crippen LogP contribution is -2.47. The van der Waals surface area contributed by atoms with E-state index in [0.29, 0.717) is 0 Å². The Kier molecular flexibility index (Phi) is 5.90. The molecule has 5 nitrogen and oxygen atoms in total. The van der Waals surface area contributed by atoms with Crippen molar-refractivity contribution < 1.29 is 9.59 Å². The second-order valence-corrected chi connectivity index (χ2v) is 5.79. The van der Waals surface area contributed by atoms with E-state index in [4.69, 9.17) is 5.73 Å². The van der Waals surface area contributed by atoms with Gasteiger partial charge < -0.3 is 16.0 Å². The Morgan fingerprint density at radius 2 is 1.71 bits per heavy atom. The van der Waals surface area contributed by atoms with E-state index in [1.165, 1.54) is 0 Å². The highest BCUT2D eigenvalue weighted by molar-refractivity contribution is 5.96. The molecule has 0 unspecified atom stereocenters. The van der Waals surface area contributed by atoms with Gasteiger partial charge in [-0.25, -0.2) is 0 Å². The molecule has 0 aliphatic heterocycles. The first-order valence-corrected chi connectivity index (χ1v) is 7.10. The lowest BCUT2D eigenvalue weighted by molar-refractivity contribution is -0.126. The highest BCUT2D eigenvalue weighted by Crippen LogP contribution is 2.17. The summed E-state index contributed by atoms with van der Waals surface area (Å²) in [5.74, 6) is -0.436. The number of benzene rings is 1. The maximum absolute atomic E-state index is 12.1. The molecule has 0 saturated heterocycles. The fraction of sp³-hybridized carbons (Fsp3) is 0.500. The van der Waals surface area contributed by atoms with E-state index in [-0.39, 0.29) is 24.3 Å². The summed E-state index contributed by atoms with van der Waals surface area (Å²) in [5.41, 5.74) is 8.74. The van der Waals surface area contributed by atoms with Crippen LogP contribution >= 0.6 is 0 Å². The summed E-state index contributed by atoms with van der Waals surface area (Å²) in [6, 6.07) is 5.33. The number of carbonyl (C=O) groups is 2. The maximum Gasteiger partial charge on any atom is 0.246 e. The first kappa shape index (κ1) is 17.2. The number of carbonyl (C=O) groups excluding carboxylic acids is 2. The summed E-state index contributed by atoms with van der Waals surface area (Å²) in [5, 5.41) is 2.59. The van der Waals surface area contributed by atoms with Gasteiger partial charge in [0.15, 0.2) is 0 Å². The van der Waals surface area contributed by atoms with Crippen molar-refractivity contribution in [1.29, 1.82) is 0 Å². The van der Waals surface area contributed by atoms with Gasteiger partial charge in [-0.2, -0.15) is 0 Å². The third-order valence-corrected chi connectivity index (χ3v) is 3.40. The number of amides is 2. The van der Waals surface area contributed by atoms with E-state index < -0.39 is 6.04 Å². The fourth-order valence-corrected chi connectivity index (χ4v) is 1.99. The standard InChI is InChI=1S/C16H25N3O2/c1-10(2)15(17)16(21)18-9-14(20)19(5)13-7-11(3)6-12(4)8-13/h6-8,10,15H,9,17H2,1-5H3,(H,18,21)/t15-/m0/s1. The van der Waals surface area contributed by atoms with Gasteiger partial charge in [0.05, 0.1) is 12.6 Å². The lowest BCUT2D eigenvalue weighted by Gasteiger charge is -2.20. The Morgan fingerprint density at radius 1 is 1.19 bits per heavy atom. The first-order chi connectivity index (χ1) is 9.72. The molecule has 0 aromatic heterocycles. The zero-order valence-corrected chi connectivity index (χ0v) is 13.4. The van der Waals surface area contributed by atoms with Crippen LogP contribution in [-0.4, -0.2) is 31.4 Å². The van der Waals surface area contributed by atoms with E-state index >= 15 is 0 Å². The average Bonchev–Trinajstić information content (AvgIpc) is 2.41.